The van der Waals surface area contributed by atoms with E-state index < -0.39 is 0 Å². The van der Waals surface area contributed by atoms with Crippen molar-refractivity contribution in [1.82, 2.24) is 15.1 Å². The normalized spacial score (nSPS) is 18.5. The van der Waals surface area contributed by atoms with Crippen LogP contribution in [0.25, 0.3) is 0 Å². The molecule has 2 aliphatic heterocycles. The number of hydrogen-bond donors (Lipinski definition) is 1. The SMILES string of the molecule is CCNC(=O)CN1CCN(CC(=O)N2CCc3ccccc32)CC1. The average molecular weight is 330 g/mol. The fraction of sp³-hybridized carbons (Fsp3) is 0.556. The Morgan fingerprint density at radius 2 is 1.67 bits per heavy atom. The van der Waals surface area contributed by atoms with Crippen molar-refractivity contribution in [3.63, 3.8) is 0 Å². The van der Waals surface area contributed by atoms with Crippen LogP contribution in [-0.2, 0) is 16.0 Å². The predicted molar refractivity (Wildman–Crippen MR) is 94.1 cm³/mol. The van der Waals surface area contributed by atoms with E-state index in [-0.39, 0.29) is 11.8 Å². The number of rotatable bonds is 5. The minimum atomic E-state index is 0.0794. The number of nitrogens with zero attached hydrogens (tertiary/aromatic N) is 3. The smallest absolute Gasteiger partial charge is 0.241 e. The molecule has 0 spiro atoms. The van der Waals surface area contributed by atoms with Gasteiger partial charge in [-0.3, -0.25) is 19.4 Å². The van der Waals surface area contributed by atoms with Gasteiger partial charge in [0.2, 0.25) is 11.8 Å². The van der Waals surface area contributed by atoms with Gasteiger partial charge in [0.25, 0.3) is 0 Å². The van der Waals surface area contributed by atoms with Crippen LogP contribution in [0.2, 0.25) is 0 Å². The number of amides is 2. The van der Waals surface area contributed by atoms with Gasteiger partial charge in [-0.05, 0) is 25.0 Å². The molecule has 6 heteroatoms. The van der Waals surface area contributed by atoms with Gasteiger partial charge >= 0.3 is 0 Å². The van der Waals surface area contributed by atoms with Crippen molar-refractivity contribution >= 4 is 17.5 Å². The number of likely N-dealkylation sites (N-methyl/N-ethyl adjacent to an activating group) is 1. The monoisotopic (exact) mass is 330 g/mol. The Balaban J connectivity index is 1.47. The minimum absolute atomic E-state index is 0.0794. The molecule has 1 fully saturated rings. The molecule has 130 valence electrons. The maximum Gasteiger partial charge on any atom is 0.241 e. The Morgan fingerprint density at radius 1 is 1.00 bits per heavy atom. The second-order valence-electron chi connectivity index (χ2n) is 6.43. The molecule has 2 aliphatic rings. The molecule has 1 aromatic carbocycles. The highest BCUT2D eigenvalue weighted by atomic mass is 16.2. The fourth-order valence-electron chi connectivity index (χ4n) is 3.44. The van der Waals surface area contributed by atoms with Gasteiger partial charge in [0, 0.05) is 45.0 Å². The summed E-state index contributed by atoms with van der Waals surface area (Å²) in [6.07, 6.45) is 0.947. The number of para-hydroxylation sites is 1. The summed E-state index contributed by atoms with van der Waals surface area (Å²) in [7, 11) is 0. The summed E-state index contributed by atoms with van der Waals surface area (Å²) in [5, 5.41) is 2.83. The molecule has 0 aromatic heterocycles. The van der Waals surface area contributed by atoms with Crippen LogP contribution in [0.3, 0.4) is 0 Å². The number of hydrogen-bond acceptors (Lipinski definition) is 4. The van der Waals surface area contributed by atoms with E-state index in [9.17, 15) is 9.59 Å². The van der Waals surface area contributed by atoms with Crippen LogP contribution >= 0.6 is 0 Å². The molecular formula is C18H26N4O2. The van der Waals surface area contributed by atoms with Crippen molar-refractivity contribution in [2.45, 2.75) is 13.3 Å². The van der Waals surface area contributed by atoms with Crippen molar-refractivity contribution in [3.05, 3.63) is 29.8 Å². The first-order chi connectivity index (χ1) is 11.7. The maximum atomic E-state index is 12.6. The molecule has 2 amide bonds. The third-order valence-corrected chi connectivity index (χ3v) is 4.75. The number of benzene rings is 1. The van der Waals surface area contributed by atoms with Crippen LogP contribution < -0.4 is 10.2 Å². The van der Waals surface area contributed by atoms with Crippen molar-refractivity contribution in [2.24, 2.45) is 0 Å². The molecule has 0 radical (unpaired) electrons. The third kappa shape index (κ3) is 3.94. The van der Waals surface area contributed by atoms with Crippen LogP contribution in [0, 0.1) is 0 Å². The highest BCUT2D eigenvalue weighted by Crippen LogP contribution is 2.27. The van der Waals surface area contributed by atoms with Gasteiger partial charge in [-0.25, -0.2) is 0 Å². The standard InChI is InChI=1S/C18H26N4O2/c1-2-19-17(23)13-20-9-11-21(12-10-20)14-18(24)22-8-7-15-5-3-4-6-16(15)22/h3-6H,2,7-14H2,1H3,(H,19,23). The van der Waals surface area contributed by atoms with E-state index in [1.165, 1.54) is 5.56 Å². The van der Waals surface area contributed by atoms with Crippen molar-refractivity contribution in [2.75, 3.05) is 57.3 Å². The van der Waals surface area contributed by atoms with Crippen LogP contribution in [0.1, 0.15) is 12.5 Å². The molecule has 6 nitrogen and oxygen atoms in total. The predicted octanol–water partition coefficient (Wildman–Crippen LogP) is 0.329. The summed E-state index contributed by atoms with van der Waals surface area (Å²) in [5.41, 5.74) is 2.33. The molecule has 1 aromatic rings. The lowest BCUT2D eigenvalue weighted by Crippen LogP contribution is -2.51. The Morgan fingerprint density at radius 3 is 2.38 bits per heavy atom. The van der Waals surface area contributed by atoms with E-state index in [4.69, 9.17) is 0 Å². The van der Waals surface area contributed by atoms with Gasteiger partial charge in [0.05, 0.1) is 13.1 Å². The Kier molecular flexibility index (Phi) is 5.48. The average Bonchev–Trinajstić information content (AvgIpc) is 3.01. The molecule has 0 unspecified atom stereocenters. The number of carbonyl (C=O) groups excluding carboxylic acids is 2. The zero-order chi connectivity index (χ0) is 16.9. The van der Waals surface area contributed by atoms with Gasteiger partial charge in [-0.1, -0.05) is 18.2 Å². The van der Waals surface area contributed by atoms with E-state index in [2.05, 4.69) is 21.2 Å². The molecule has 1 N–H and O–H groups in total. The summed E-state index contributed by atoms with van der Waals surface area (Å²) in [6.45, 7) is 7.64. The fourth-order valence-corrected chi connectivity index (χ4v) is 3.44. The number of fused-ring (bicyclic) bond motifs is 1. The zero-order valence-corrected chi connectivity index (χ0v) is 14.3. The molecule has 1 saturated heterocycles. The molecule has 24 heavy (non-hydrogen) atoms. The first-order valence-corrected chi connectivity index (χ1v) is 8.77. The minimum Gasteiger partial charge on any atom is -0.355 e. The van der Waals surface area contributed by atoms with Crippen molar-refractivity contribution in [1.29, 1.82) is 0 Å². The zero-order valence-electron chi connectivity index (χ0n) is 14.3. The van der Waals surface area contributed by atoms with Crippen LogP contribution in [-0.4, -0.2) is 74.0 Å². The lowest BCUT2D eigenvalue weighted by Gasteiger charge is -2.34. The highest BCUT2D eigenvalue weighted by Gasteiger charge is 2.27. The molecule has 3 rings (SSSR count). The Labute approximate surface area is 143 Å². The van der Waals surface area contributed by atoms with Crippen LogP contribution in [0.15, 0.2) is 24.3 Å². The summed E-state index contributed by atoms with van der Waals surface area (Å²) >= 11 is 0. The van der Waals surface area contributed by atoms with Gasteiger partial charge in [-0.15, -0.1) is 0 Å². The summed E-state index contributed by atoms with van der Waals surface area (Å²) in [5.74, 6) is 0.257. The molecule has 2 heterocycles. The summed E-state index contributed by atoms with van der Waals surface area (Å²) < 4.78 is 0. The van der Waals surface area contributed by atoms with E-state index >= 15 is 0 Å². The first-order valence-electron chi connectivity index (χ1n) is 8.77. The Bertz CT molecular complexity index is 596. The molecular weight excluding hydrogens is 304 g/mol. The number of anilines is 1. The molecule has 0 atom stereocenters. The second kappa shape index (κ2) is 7.77. The van der Waals surface area contributed by atoms with Crippen LogP contribution in [0.5, 0.6) is 0 Å². The lowest BCUT2D eigenvalue weighted by atomic mass is 10.2. The Hall–Kier alpha value is -1.92. The molecule has 0 aliphatic carbocycles. The largest absolute Gasteiger partial charge is 0.355 e. The maximum absolute atomic E-state index is 12.6. The number of nitrogens with one attached hydrogen (secondary N) is 1. The number of carbonyl (C=O) groups is 2. The summed E-state index contributed by atoms with van der Waals surface area (Å²) in [4.78, 5) is 30.5. The van der Waals surface area contributed by atoms with Gasteiger partial charge < -0.3 is 10.2 Å². The van der Waals surface area contributed by atoms with Crippen molar-refractivity contribution < 1.29 is 9.59 Å². The third-order valence-electron chi connectivity index (χ3n) is 4.75. The van der Waals surface area contributed by atoms with Crippen LogP contribution in [0.4, 0.5) is 5.69 Å². The van der Waals surface area contributed by atoms with Crippen molar-refractivity contribution in [3.8, 4) is 0 Å². The summed E-state index contributed by atoms with van der Waals surface area (Å²) in [6, 6.07) is 8.15. The van der Waals surface area contributed by atoms with E-state index in [1.54, 1.807) is 0 Å². The van der Waals surface area contributed by atoms with E-state index in [1.807, 2.05) is 30.0 Å². The van der Waals surface area contributed by atoms with Gasteiger partial charge in [0.15, 0.2) is 0 Å². The van der Waals surface area contributed by atoms with E-state index in [0.29, 0.717) is 19.6 Å². The highest BCUT2D eigenvalue weighted by molar-refractivity contribution is 5.96. The molecule has 0 saturated carbocycles. The lowest BCUT2D eigenvalue weighted by molar-refractivity contribution is -0.123. The molecule has 0 bridgehead atoms. The quantitative estimate of drug-likeness (QED) is 0.845. The topological polar surface area (TPSA) is 55.9 Å². The van der Waals surface area contributed by atoms with Gasteiger partial charge in [0.1, 0.15) is 0 Å². The number of piperazine rings is 1. The second-order valence-corrected chi connectivity index (χ2v) is 6.43. The first kappa shape index (κ1) is 16.9. The van der Waals surface area contributed by atoms with Gasteiger partial charge in [-0.2, -0.15) is 0 Å². The van der Waals surface area contributed by atoms with E-state index in [0.717, 1.165) is 44.8 Å².